The average molecular weight is 1410 g/mol. The topological polar surface area (TPSA) is 275 Å². The molecule has 4 N–H and O–H groups in total. The van der Waals surface area contributed by atoms with Gasteiger partial charge in [0.2, 0.25) is 44.2 Å². The van der Waals surface area contributed by atoms with E-state index in [1.54, 1.807) is 73.8 Å². The Morgan fingerprint density at radius 3 is 0.723 bits per heavy atom. The minimum Gasteiger partial charge on any atom is -0.497 e. The molecule has 1 aliphatic heterocycles. The van der Waals surface area contributed by atoms with Crippen molar-refractivity contribution in [2.75, 3.05) is 76.1 Å². The lowest BCUT2D eigenvalue weighted by Gasteiger charge is -2.09. The van der Waals surface area contributed by atoms with Crippen molar-refractivity contribution in [2.45, 2.75) is 25.7 Å². The number of benzene rings is 4. The van der Waals surface area contributed by atoms with Crippen LogP contribution >= 0.6 is 91.5 Å². The Morgan fingerprint density at radius 2 is 0.553 bits per heavy atom. The first kappa shape index (κ1) is 69.3. The fraction of sp³-hybridized carbons (Fsp3) is 0.188. The zero-order valence-corrected chi connectivity index (χ0v) is 57.3. The van der Waals surface area contributed by atoms with Crippen molar-refractivity contribution < 1.29 is 47.6 Å². The molecular weight excluding hydrogens is 1350 g/mol. The highest BCUT2D eigenvalue weighted by atomic mass is 32.1. The minimum absolute atomic E-state index is 0.112. The Morgan fingerprint density at radius 1 is 0.340 bits per heavy atom. The average Bonchev–Trinajstić information content (AvgIpc) is 2.02. The first-order valence-electron chi connectivity index (χ1n) is 28.3. The second-order valence-electron chi connectivity index (χ2n) is 19.1. The van der Waals surface area contributed by atoms with Gasteiger partial charge in [-0.1, -0.05) is 72.8 Å². The number of ether oxygens (including phenoxy) is 6. The number of hydrogen-bond acceptors (Lipinski definition) is 26. The number of anilines is 4. The van der Waals surface area contributed by atoms with E-state index in [9.17, 15) is 19.2 Å². The number of amides is 4. The van der Waals surface area contributed by atoms with E-state index in [1.807, 2.05) is 167 Å². The van der Waals surface area contributed by atoms with Gasteiger partial charge in [0, 0.05) is 46.1 Å². The number of nitrogens with one attached hydrogen (secondary N) is 4. The van der Waals surface area contributed by atoms with E-state index in [1.165, 1.54) is 46.1 Å². The summed E-state index contributed by atoms with van der Waals surface area (Å²) in [5.41, 5.74) is 3.67. The smallest absolute Gasteiger partial charge is 0.230 e. The summed E-state index contributed by atoms with van der Waals surface area (Å²) in [5.74, 6) is 5.25. The Labute approximate surface area is 573 Å². The first-order chi connectivity index (χ1) is 46.0. The molecule has 13 rings (SSSR count). The molecule has 1 aliphatic rings. The van der Waals surface area contributed by atoms with E-state index in [2.05, 4.69) is 58.7 Å². The van der Waals surface area contributed by atoms with Crippen molar-refractivity contribution in [3.05, 3.63) is 189 Å². The van der Waals surface area contributed by atoms with Gasteiger partial charge in [0.25, 0.3) is 0 Å². The van der Waals surface area contributed by atoms with Gasteiger partial charge in [-0.2, -0.15) is 37.4 Å². The molecule has 4 aromatic carbocycles. The highest BCUT2D eigenvalue weighted by Gasteiger charge is 2.16. The van der Waals surface area contributed by atoms with Crippen molar-refractivity contribution in [3.63, 3.8) is 0 Å². The van der Waals surface area contributed by atoms with Crippen molar-refractivity contribution in [3.8, 4) is 65.8 Å². The maximum Gasteiger partial charge on any atom is 0.230 e. The summed E-state index contributed by atoms with van der Waals surface area (Å²) in [6, 6.07) is 45.3. The van der Waals surface area contributed by atoms with Crippen molar-refractivity contribution in [1.82, 2.24) is 37.4 Å². The molecule has 30 heteroatoms. The molecule has 484 valence electrons. The number of hydrogen-bond donors (Lipinski definition) is 4. The van der Waals surface area contributed by atoms with Crippen molar-refractivity contribution in [2.24, 2.45) is 0 Å². The molecule has 94 heavy (non-hydrogen) atoms. The number of aromatic nitrogens is 8. The largest absolute Gasteiger partial charge is 0.497 e. The molecule has 22 nitrogen and oxygen atoms in total. The van der Waals surface area contributed by atoms with Crippen LogP contribution in [0, 0.1) is 0 Å². The summed E-state index contributed by atoms with van der Waals surface area (Å²) < 4.78 is 47.3. The van der Waals surface area contributed by atoms with E-state index < -0.39 is 0 Å². The Balaban J connectivity index is 0.000000143. The first-order valence-corrected chi connectivity index (χ1v) is 35.0. The van der Waals surface area contributed by atoms with Gasteiger partial charge in [-0.25, -0.2) is 0 Å². The molecule has 0 unspecified atom stereocenters. The van der Waals surface area contributed by atoms with Crippen LogP contribution in [0.2, 0.25) is 0 Å². The Kier molecular flexibility index (Phi) is 27.2. The van der Waals surface area contributed by atoms with Crippen LogP contribution in [0.4, 0.5) is 20.5 Å². The zero-order chi connectivity index (χ0) is 65.7. The van der Waals surface area contributed by atoms with Crippen LogP contribution in [-0.2, 0) is 54.3 Å². The summed E-state index contributed by atoms with van der Waals surface area (Å²) in [7, 11) is 6.45. The highest BCUT2D eigenvalue weighted by molar-refractivity contribution is 7.15. The second kappa shape index (κ2) is 37.0. The number of carbonyl (C=O) groups is 4. The Hall–Kier alpha value is -9.08. The molecule has 0 aliphatic carbocycles. The normalized spacial score (nSPS) is 11.3. The van der Waals surface area contributed by atoms with Crippen LogP contribution in [0.3, 0.4) is 0 Å². The fourth-order valence-electron chi connectivity index (χ4n) is 7.93. The van der Waals surface area contributed by atoms with Crippen LogP contribution in [0.1, 0.15) is 22.3 Å². The fourth-order valence-corrected chi connectivity index (χ4v) is 13.2. The standard InChI is InChI=1S/4C15H13N3O2S2.C4H8O2/c4*1-20-11-6-4-10(5-7-11)9-13(19)16-15-17-14(18-22-15)12-3-2-8-21-12;1-2-6-4-3-5-1/h4*2-8H,9H2,1H3,(H,16,17,18,19);1-4H2. The van der Waals surface area contributed by atoms with E-state index in [-0.39, 0.29) is 49.3 Å². The van der Waals surface area contributed by atoms with E-state index in [4.69, 9.17) is 28.4 Å². The maximum absolute atomic E-state index is 12.0. The quantitative estimate of drug-likeness (QED) is 0.0552. The Bertz CT molecular complexity index is 3640. The van der Waals surface area contributed by atoms with Crippen LogP contribution in [0.25, 0.3) is 42.8 Å². The maximum atomic E-state index is 12.0. The van der Waals surface area contributed by atoms with Gasteiger partial charge in [0.05, 0.1) is 100 Å². The molecule has 0 spiro atoms. The molecule has 0 atom stereocenters. The third kappa shape index (κ3) is 22.6. The molecular formula is C64H60N12O10S8. The van der Waals surface area contributed by atoms with Crippen LogP contribution in [0.15, 0.2) is 167 Å². The van der Waals surface area contributed by atoms with Crippen LogP contribution in [-0.4, -0.2) is 116 Å². The van der Waals surface area contributed by atoms with Gasteiger partial charge in [-0.05, 0) is 117 Å². The van der Waals surface area contributed by atoms with Crippen LogP contribution in [0.5, 0.6) is 23.0 Å². The molecule has 0 saturated carbocycles. The third-order valence-corrected chi connectivity index (χ3v) is 18.5. The minimum atomic E-state index is -0.112. The second-order valence-corrected chi connectivity index (χ2v) is 25.9. The molecule has 12 aromatic rings. The van der Waals surface area contributed by atoms with Gasteiger partial charge < -0.3 is 49.7 Å². The predicted octanol–water partition coefficient (Wildman–Crippen LogP) is 13.9. The van der Waals surface area contributed by atoms with Gasteiger partial charge in [-0.3, -0.25) is 19.2 Å². The summed E-state index contributed by atoms with van der Waals surface area (Å²) in [5, 5.41) is 21.1. The molecule has 0 radical (unpaired) electrons. The summed E-state index contributed by atoms with van der Waals surface area (Å²) in [6.07, 6.45) is 1.16. The summed E-state index contributed by atoms with van der Waals surface area (Å²) >= 11 is 11.0. The lowest BCUT2D eigenvalue weighted by Crippen LogP contribution is -2.16. The molecule has 1 saturated heterocycles. The van der Waals surface area contributed by atoms with E-state index in [0.29, 0.717) is 43.8 Å². The summed E-state index contributed by atoms with van der Waals surface area (Å²) in [4.78, 5) is 69.4. The SMILES string of the molecule is C1COCCO1.COc1ccc(CC(=O)Nc2nc(-c3cccs3)ns2)cc1.COc1ccc(CC(=O)Nc2nc(-c3cccs3)ns2)cc1.COc1ccc(CC(=O)Nc2nc(-c3cccs3)ns2)cc1.COc1ccc(CC(=O)Nc2nc(-c3cccs3)ns2)cc1. The van der Waals surface area contributed by atoms with Crippen molar-refractivity contribution >= 4 is 136 Å². The molecule has 8 aromatic heterocycles. The zero-order valence-electron chi connectivity index (χ0n) is 50.7. The lowest BCUT2D eigenvalue weighted by molar-refractivity contribution is -0.116. The van der Waals surface area contributed by atoms with Crippen LogP contribution < -0.4 is 40.2 Å². The summed E-state index contributed by atoms with van der Waals surface area (Å²) in [6.45, 7) is 3.11. The molecule has 9 heterocycles. The highest BCUT2D eigenvalue weighted by Crippen LogP contribution is 2.29. The number of rotatable bonds is 20. The van der Waals surface area contributed by atoms with E-state index in [0.717, 1.165) is 91.2 Å². The number of methoxy groups -OCH3 is 4. The number of carbonyl (C=O) groups excluding carboxylic acids is 4. The van der Waals surface area contributed by atoms with Gasteiger partial charge >= 0.3 is 0 Å². The molecule has 1 fully saturated rings. The van der Waals surface area contributed by atoms with Crippen molar-refractivity contribution in [1.29, 1.82) is 0 Å². The monoisotopic (exact) mass is 1410 g/mol. The molecule has 4 amide bonds. The van der Waals surface area contributed by atoms with Gasteiger partial charge in [-0.15, -0.1) is 45.3 Å². The van der Waals surface area contributed by atoms with E-state index >= 15 is 0 Å². The predicted molar refractivity (Wildman–Crippen MR) is 376 cm³/mol. The van der Waals surface area contributed by atoms with Gasteiger partial charge in [0.1, 0.15) is 23.0 Å². The van der Waals surface area contributed by atoms with Gasteiger partial charge in [0.15, 0.2) is 23.3 Å². The lowest BCUT2D eigenvalue weighted by atomic mass is 10.1. The molecule has 0 bridgehead atoms. The number of thiophene rings is 4. The number of nitrogens with zero attached hydrogens (tertiary/aromatic N) is 8. The third-order valence-electron chi connectivity index (χ3n) is 12.5.